The molecule has 2 N–H and O–H groups in total. The van der Waals surface area contributed by atoms with Gasteiger partial charge in [-0.1, -0.05) is 13.8 Å². The van der Waals surface area contributed by atoms with E-state index in [1.54, 1.807) is 0 Å². The van der Waals surface area contributed by atoms with Crippen LogP contribution in [0.15, 0.2) is 0 Å². The molecule has 2 rings (SSSR count). The summed E-state index contributed by atoms with van der Waals surface area (Å²) < 4.78 is 5.17. The molecule has 19 heavy (non-hydrogen) atoms. The topological polar surface area (TPSA) is 82.9 Å². The van der Waals surface area contributed by atoms with Crippen LogP contribution in [0.4, 0.5) is 11.8 Å². The van der Waals surface area contributed by atoms with E-state index in [-0.39, 0.29) is 0 Å². The maximum Gasteiger partial charge on any atom is 0.238 e. The molecule has 0 unspecified atom stereocenters. The average Bonchev–Trinajstić information content (AvgIpc) is 3.19. The van der Waals surface area contributed by atoms with Crippen LogP contribution in [-0.2, 0) is 0 Å². The zero-order chi connectivity index (χ0) is 13.8. The number of anilines is 2. The zero-order valence-electron chi connectivity index (χ0n) is 11.5. The summed E-state index contributed by atoms with van der Waals surface area (Å²) in [7, 11) is 1.51. The largest absolute Gasteiger partial charge is 0.480 e. The van der Waals surface area contributed by atoms with E-state index < -0.39 is 0 Å². The molecule has 0 amide bonds. The standard InChI is InChI=1S/C13H19N5O/c1-8(2)7-15-13-17-11(16-9-4-5-9)10(6-14)12(18-13)19-3/h8-9H,4-5,7H2,1-3H3,(H2,15,16,17,18). The highest BCUT2D eigenvalue weighted by molar-refractivity contribution is 5.60. The van der Waals surface area contributed by atoms with E-state index in [1.807, 2.05) is 0 Å². The maximum absolute atomic E-state index is 9.20. The molecule has 102 valence electrons. The highest BCUT2D eigenvalue weighted by Gasteiger charge is 2.25. The van der Waals surface area contributed by atoms with Crippen LogP contribution in [0.2, 0.25) is 0 Å². The Hall–Kier alpha value is -2.03. The number of hydrogen-bond acceptors (Lipinski definition) is 6. The molecule has 1 saturated carbocycles. The minimum atomic E-state index is 0.312. The number of nitrogens with zero attached hydrogens (tertiary/aromatic N) is 3. The van der Waals surface area contributed by atoms with Crippen molar-refractivity contribution >= 4 is 11.8 Å². The van der Waals surface area contributed by atoms with Gasteiger partial charge in [-0.2, -0.15) is 15.2 Å². The van der Waals surface area contributed by atoms with Crippen molar-refractivity contribution < 1.29 is 4.74 Å². The van der Waals surface area contributed by atoms with E-state index >= 15 is 0 Å². The second-order valence-electron chi connectivity index (χ2n) is 5.09. The first kappa shape index (κ1) is 13.4. The third kappa shape index (κ3) is 3.47. The fourth-order valence-corrected chi connectivity index (χ4v) is 1.59. The van der Waals surface area contributed by atoms with Gasteiger partial charge in [-0.25, -0.2) is 0 Å². The summed E-state index contributed by atoms with van der Waals surface area (Å²) >= 11 is 0. The lowest BCUT2D eigenvalue weighted by Gasteiger charge is -2.13. The lowest BCUT2D eigenvalue weighted by molar-refractivity contribution is 0.396. The maximum atomic E-state index is 9.20. The second kappa shape index (κ2) is 5.74. The molecule has 1 aliphatic carbocycles. The monoisotopic (exact) mass is 261 g/mol. The van der Waals surface area contributed by atoms with Crippen LogP contribution in [0.3, 0.4) is 0 Å². The molecule has 0 atom stereocenters. The lowest BCUT2D eigenvalue weighted by atomic mass is 10.2. The van der Waals surface area contributed by atoms with Crippen molar-refractivity contribution in [2.45, 2.75) is 32.7 Å². The summed E-state index contributed by atoms with van der Waals surface area (Å²) in [6.45, 7) is 4.99. The molecule has 0 aliphatic heterocycles. The number of hydrogen-bond donors (Lipinski definition) is 2. The Morgan fingerprint density at radius 3 is 2.68 bits per heavy atom. The normalized spacial score (nSPS) is 14.1. The first-order valence-electron chi connectivity index (χ1n) is 6.50. The van der Waals surface area contributed by atoms with Crippen molar-refractivity contribution in [1.29, 1.82) is 5.26 Å². The molecule has 1 heterocycles. The smallest absolute Gasteiger partial charge is 0.238 e. The molecule has 1 aliphatic rings. The molecule has 1 aromatic heterocycles. The van der Waals surface area contributed by atoms with E-state index in [1.165, 1.54) is 7.11 Å². The summed E-state index contributed by atoms with van der Waals surface area (Å²) in [4.78, 5) is 8.58. The van der Waals surface area contributed by atoms with Gasteiger partial charge >= 0.3 is 0 Å². The highest BCUT2D eigenvalue weighted by atomic mass is 16.5. The van der Waals surface area contributed by atoms with Crippen molar-refractivity contribution in [3.05, 3.63) is 5.56 Å². The number of nitriles is 1. The summed E-state index contributed by atoms with van der Waals surface area (Å²) in [6, 6.07) is 2.52. The van der Waals surface area contributed by atoms with E-state index in [0.29, 0.717) is 35.2 Å². The molecule has 0 spiro atoms. The number of methoxy groups -OCH3 is 1. The second-order valence-corrected chi connectivity index (χ2v) is 5.09. The van der Waals surface area contributed by atoms with Crippen LogP contribution < -0.4 is 15.4 Å². The number of nitrogens with one attached hydrogen (secondary N) is 2. The average molecular weight is 261 g/mol. The fourth-order valence-electron chi connectivity index (χ4n) is 1.59. The van der Waals surface area contributed by atoms with Crippen LogP contribution in [0.5, 0.6) is 5.88 Å². The first-order chi connectivity index (χ1) is 9.13. The summed E-state index contributed by atoms with van der Waals surface area (Å²) in [5, 5.41) is 15.6. The van der Waals surface area contributed by atoms with Gasteiger partial charge in [-0.15, -0.1) is 0 Å². The Labute approximate surface area is 113 Å². The number of rotatable bonds is 6. The summed E-state index contributed by atoms with van der Waals surface area (Å²) in [5.74, 6) is 1.85. The molecule has 1 aromatic rings. The predicted octanol–water partition coefficient (Wildman–Crippen LogP) is 2.00. The third-order valence-corrected chi connectivity index (χ3v) is 2.77. The third-order valence-electron chi connectivity index (χ3n) is 2.77. The van der Waals surface area contributed by atoms with Gasteiger partial charge in [0.05, 0.1) is 7.11 Å². The van der Waals surface area contributed by atoms with Gasteiger partial charge in [0, 0.05) is 12.6 Å². The van der Waals surface area contributed by atoms with E-state index in [2.05, 4.69) is 40.5 Å². The molecular formula is C13H19N5O. The Kier molecular flexibility index (Phi) is 4.05. The Balaban J connectivity index is 2.26. The lowest BCUT2D eigenvalue weighted by Crippen LogP contribution is -2.14. The number of aromatic nitrogens is 2. The molecule has 6 nitrogen and oxygen atoms in total. The zero-order valence-corrected chi connectivity index (χ0v) is 11.5. The Morgan fingerprint density at radius 1 is 1.42 bits per heavy atom. The fraction of sp³-hybridized carbons (Fsp3) is 0.615. The van der Waals surface area contributed by atoms with Crippen molar-refractivity contribution in [3.63, 3.8) is 0 Å². The van der Waals surface area contributed by atoms with E-state index in [0.717, 1.165) is 19.4 Å². The minimum absolute atomic E-state index is 0.312. The Bertz CT molecular complexity index is 491. The van der Waals surface area contributed by atoms with Gasteiger partial charge in [0.15, 0.2) is 11.4 Å². The molecule has 0 saturated heterocycles. The van der Waals surface area contributed by atoms with Gasteiger partial charge in [0.2, 0.25) is 11.8 Å². The molecule has 6 heteroatoms. The van der Waals surface area contributed by atoms with Gasteiger partial charge in [-0.05, 0) is 18.8 Å². The molecule has 0 bridgehead atoms. The van der Waals surface area contributed by atoms with Crippen LogP contribution in [0.1, 0.15) is 32.3 Å². The SMILES string of the molecule is COc1nc(NCC(C)C)nc(NC2CC2)c1C#N. The molecule has 0 radical (unpaired) electrons. The van der Waals surface area contributed by atoms with Crippen molar-refractivity contribution in [2.75, 3.05) is 24.3 Å². The van der Waals surface area contributed by atoms with Gasteiger partial charge in [-0.3, -0.25) is 0 Å². The van der Waals surface area contributed by atoms with Crippen molar-refractivity contribution in [2.24, 2.45) is 5.92 Å². The summed E-state index contributed by atoms with van der Waals surface area (Å²) in [6.07, 6.45) is 2.23. The van der Waals surface area contributed by atoms with Crippen LogP contribution in [0, 0.1) is 17.2 Å². The first-order valence-corrected chi connectivity index (χ1v) is 6.50. The molecular weight excluding hydrogens is 242 g/mol. The van der Waals surface area contributed by atoms with E-state index in [9.17, 15) is 5.26 Å². The van der Waals surface area contributed by atoms with E-state index in [4.69, 9.17) is 4.74 Å². The number of ether oxygens (including phenoxy) is 1. The van der Waals surface area contributed by atoms with Crippen LogP contribution >= 0.6 is 0 Å². The van der Waals surface area contributed by atoms with Crippen molar-refractivity contribution in [1.82, 2.24) is 9.97 Å². The highest BCUT2D eigenvalue weighted by Crippen LogP contribution is 2.29. The molecule has 1 fully saturated rings. The minimum Gasteiger partial charge on any atom is -0.480 e. The van der Waals surface area contributed by atoms with Gasteiger partial charge in [0.1, 0.15) is 6.07 Å². The van der Waals surface area contributed by atoms with Gasteiger partial charge < -0.3 is 15.4 Å². The van der Waals surface area contributed by atoms with Gasteiger partial charge in [0.25, 0.3) is 0 Å². The Morgan fingerprint density at radius 2 is 2.16 bits per heavy atom. The molecule has 0 aromatic carbocycles. The van der Waals surface area contributed by atoms with Crippen LogP contribution in [0.25, 0.3) is 0 Å². The van der Waals surface area contributed by atoms with Crippen molar-refractivity contribution in [3.8, 4) is 11.9 Å². The quantitative estimate of drug-likeness (QED) is 0.815. The predicted molar refractivity (Wildman–Crippen MR) is 73.3 cm³/mol. The van der Waals surface area contributed by atoms with Crippen LogP contribution in [-0.4, -0.2) is 29.7 Å². The summed E-state index contributed by atoms with van der Waals surface area (Å²) in [5.41, 5.74) is 0.365.